The van der Waals surface area contributed by atoms with Crippen LogP contribution in [0, 0.1) is 0 Å². The van der Waals surface area contributed by atoms with Gasteiger partial charge in [-0.15, -0.1) is 0 Å². The fraction of sp³-hybridized carbons (Fsp3) is 0.714. The Morgan fingerprint density at radius 2 is 2.05 bits per heavy atom. The molecule has 1 aliphatic heterocycles. The molecule has 112 valence electrons. The third kappa shape index (κ3) is 3.23. The van der Waals surface area contributed by atoms with Gasteiger partial charge in [-0.05, 0) is 43.6 Å². The number of methoxy groups -OCH3 is 1. The molecule has 5 nitrogen and oxygen atoms in total. The van der Waals surface area contributed by atoms with E-state index in [0.29, 0.717) is 16.5 Å². The van der Waals surface area contributed by atoms with Gasteiger partial charge in [-0.3, -0.25) is 4.90 Å². The maximum Gasteiger partial charge on any atom is 0.249 e. The summed E-state index contributed by atoms with van der Waals surface area (Å²) in [5.74, 6) is 1.42. The van der Waals surface area contributed by atoms with Crippen molar-refractivity contribution in [3.63, 3.8) is 0 Å². The SMILES string of the molecule is COc1nc(N2CCN(C(C)(C)C)[C@H](C)C2)cnc1Br. The minimum absolute atomic E-state index is 0.203. The monoisotopic (exact) mass is 342 g/mol. The number of nitrogens with zero attached hydrogens (tertiary/aromatic N) is 4. The van der Waals surface area contributed by atoms with E-state index in [-0.39, 0.29) is 5.54 Å². The smallest absolute Gasteiger partial charge is 0.249 e. The molecule has 0 N–H and O–H groups in total. The average Bonchev–Trinajstić information content (AvgIpc) is 2.37. The topological polar surface area (TPSA) is 41.5 Å². The summed E-state index contributed by atoms with van der Waals surface area (Å²) in [6.07, 6.45) is 1.80. The molecule has 20 heavy (non-hydrogen) atoms. The van der Waals surface area contributed by atoms with Crippen LogP contribution in [0.5, 0.6) is 5.88 Å². The first-order valence-corrected chi connectivity index (χ1v) is 7.70. The van der Waals surface area contributed by atoms with Gasteiger partial charge in [0.25, 0.3) is 0 Å². The van der Waals surface area contributed by atoms with Crippen LogP contribution in [0.4, 0.5) is 5.82 Å². The molecule has 0 radical (unpaired) electrons. The summed E-state index contributed by atoms with van der Waals surface area (Å²) in [6.45, 7) is 12.0. The number of hydrogen-bond donors (Lipinski definition) is 0. The van der Waals surface area contributed by atoms with E-state index in [1.54, 1.807) is 13.3 Å². The summed E-state index contributed by atoms with van der Waals surface area (Å²) in [5.41, 5.74) is 0.203. The molecule has 0 spiro atoms. The average molecular weight is 343 g/mol. The Balaban J connectivity index is 2.13. The quantitative estimate of drug-likeness (QED) is 0.826. The first kappa shape index (κ1) is 15.5. The van der Waals surface area contributed by atoms with Gasteiger partial charge in [-0.25, -0.2) is 4.98 Å². The first-order valence-electron chi connectivity index (χ1n) is 6.91. The lowest BCUT2D eigenvalue weighted by Gasteiger charge is -2.47. The number of ether oxygens (including phenoxy) is 1. The zero-order chi connectivity index (χ0) is 14.9. The summed E-state index contributed by atoms with van der Waals surface area (Å²) in [4.78, 5) is 13.6. The second kappa shape index (κ2) is 5.85. The lowest BCUT2D eigenvalue weighted by molar-refractivity contribution is 0.0796. The van der Waals surface area contributed by atoms with Crippen LogP contribution in [0.1, 0.15) is 27.7 Å². The zero-order valence-corrected chi connectivity index (χ0v) is 14.4. The van der Waals surface area contributed by atoms with E-state index in [4.69, 9.17) is 4.74 Å². The molecular weight excluding hydrogens is 320 g/mol. The molecule has 0 saturated carbocycles. The van der Waals surface area contributed by atoms with Gasteiger partial charge in [0.1, 0.15) is 0 Å². The standard InChI is InChI=1S/C14H23BrN4O/c1-10-9-18(6-7-19(10)14(2,3)4)11-8-16-12(15)13(17-11)20-5/h8,10H,6-7,9H2,1-5H3/t10-/m1/s1. The Bertz CT molecular complexity index is 475. The third-order valence-corrected chi connectivity index (χ3v) is 4.24. The Kier molecular flexibility index (Phi) is 4.54. The first-order chi connectivity index (χ1) is 9.32. The van der Waals surface area contributed by atoms with Gasteiger partial charge >= 0.3 is 0 Å². The minimum atomic E-state index is 0.203. The van der Waals surface area contributed by atoms with Crippen molar-refractivity contribution in [3.8, 4) is 5.88 Å². The van der Waals surface area contributed by atoms with Gasteiger partial charge in [0, 0.05) is 31.2 Å². The molecule has 1 saturated heterocycles. The van der Waals surface area contributed by atoms with Crippen molar-refractivity contribution in [2.24, 2.45) is 0 Å². The van der Waals surface area contributed by atoms with Crippen molar-refractivity contribution in [3.05, 3.63) is 10.8 Å². The van der Waals surface area contributed by atoms with Crippen LogP contribution in [0.2, 0.25) is 0 Å². The minimum Gasteiger partial charge on any atom is -0.479 e. The Hall–Kier alpha value is -0.880. The normalized spacial score (nSPS) is 21.1. The Morgan fingerprint density at radius 1 is 1.35 bits per heavy atom. The Labute approximate surface area is 129 Å². The van der Waals surface area contributed by atoms with E-state index in [1.807, 2.05) is 0 Å². The number of piperazine rings is 1. The maximum absolute atomic E-state index is 5.22. The van der Waals surface area contributed by atoms with Crippen molar-refractivity contribution in [2.75, 3.05) is 31.6 Å². The van der Waals surface area contributed by atoms with Gasteiger partial charge in [-0.1, -0.05) is 0 Å². The van der Waals surface area contributed by atoms with Crippen LogP contribution < -0.4 is 9.64 Å². The molecule has 1 fully saturated rings. The van der Waals surface area contributed by atoms with Crippen molar-refractivity contribution in [1.29, 1.82) is 0 Å². The van der Waals surface area contributed by atoms with Crippen LogP contribution in [-0.4, -0.2) is 53.2 Å². The summed E-state index contributed by atoms with van der Waals surface area (Å²) in [7, 11) is 1.61. The van der Waals surface area contributed by atoms with E-state index < -0.39 is 0 Å². The van der Waals surface area contributed by atoms with Crippen LogP contribution in [0.15, 0.2) is 10.8 Å². The van der Waals surface area contributed by atoms with Crippen LogP contribution in [0.3, 0.4) is 0 Å². The van der Waals surface area contributed by atoms with Gasteiger partial charge in [0.15, 0.2) is 10.4 Å². The van der Waals surface area contributed by atoms with Gasteiger partial charge in [-0.2, -0.15) is 4.98 Å². The van der Waals surface area contributed by atoms with E-state index in [0.717, 1.165) is 25.5 Å². The molecule has 1 aliphatic rings. The fourth-order valence-corrected chi connectivity index (χ4v) is 3.15. The zero-order valence-electron chi connectivity index (χ0n) is 12.9. The van der Waals surface area contributed by atoms with Crippen LogP contribution in [0.25, 0.3) is 0 Å². The molecule has 0 amide bonds. The summed E-state index contributed by atoms with van der Waals surface area (Å²) in [6, 6.07) is 0.486. The van der Waals surface area contributed by atoms with Crippen molar-refractivity contribution < 1.29 is 4.74 Å². The highest BCUT2D eigenvalue weighted by Crippen LogP contribution is 2.26. The Morgan fingerprint density at radius 3 is 2.60 bits per heavy atom. The third-order valence-electron chi connectivity index (χ3n) is 3.69. The maximum atomic E-state index is 5.22. The molecule has 1 aromatic heterocycles. The number of anilines is 1. The molecule has 1 atom stereocenters. The number of halogens is 1. The molecule has 1 aromatic rings. The lowest BCUT2D eigenvalue weighted by Crippen LogP contribution is -2.58. The molecule has 0 unspecified atom stereocenters. The predicted molar refractivity (Wildman–Crippen MR) is 84.4 cm³/mol. The second-order valence-corrected chi connectivity index (χ2v) is 6.94. The second-order valence-electron chi connectivity index (χ2n) is 6.19. The molecule has 2 heterocycles. The number of hydrogen-bond acceptors (Lipinski definition) is 5. The van der Waals surface area contributed by atoms with Gasteiger partial charge < -0.3 is 9.64 Å². The largest absolute Gasteiger partial charge is 0.479 e. The van der Waals surface area contributed by atoms with Gasteiger partial charge in [0.2, 0.25) is 5.88 Å². The van der Waals surface area contributed by atoms with Gasteiger partial charge in [0.05, 0.1) is 13.3 Å². The summed E-state index contributed by atoms with van der Waals surface area (Å²) in [5, 5.41) is 0. The van der Waals surface area contributed by atoms with E-state index in [2.05, 4.69) is 63.4 Å². The van der Waals surface area contributed by atoms with Crippen molar-refractivity contribution in [2.45, 2.75) is 39.3 Å². The fourth-order valence-electron chi connectivity index (χ4n) is 2.79. The molecule has 0 aromatic carbocycles. The van der Waals surface area contributed by atoms with Crippen LogP contribution in [-0.2, 0) is 0 Å². The van der Waals surface area contributed by atoms with Crippen molar-refractivity contribution >= 4 is 21.7 Å². The van der Waals surface area contributed by atoms with E-state index >= 15 is 0 Å². The highest BCUT2D eigenvalue weighted by Gasteiger charge is 2.31. The number of aromatic nitrogens is 2. The molecule has 6 heteroatoms. The van der Waals surface area contributed by atoms with Crippen LogP contribution >= 0.6 is 15.9 Å². The highest BCUT2D eigenvalue weighted by atomic mass is 79.9. The summed E-state index contributed by atoms with van der Waals surface area (Å²) >= 11 is 3.34. The highest BCUT2D eigenvalue weighted by molar-refractivity contribution is 9.10. The molecule has 0 aliphatic carbocycles. The van der Waals surface area contributed by atoms with E-state index in [9.17, 15) is 0 Å². The lowest BCUT2D eigenvalue weighted by atomic mass is 10.0. The molecular formula is C14H23BrN4O. The number of rotatable bonds is 2. The molecule has 0 bridgehead atoms. The summed E-state index contributed by atoms with van der Waals surface area (Å²) < 4.78 is 5.86. The predicted octanol–water partition coefficient (Wildman–Crippen LogP) is 2.56. The van der Waals surface area contributed by atoms with E-state index in [1.165, 1.54) is 0 Å². The van der Waals surface area contributed by atoms with Crippen molar-refractivity contribution in [1.82, 2.24) is 14.9 Å². The molecule has 2 rings (SSSR count).